The molecule has 0 N–H and O–H groups in total. The molecule has 23 heavy (non-hydrogen) atoms. The van der Waals surface area contributed by atoms with Crippen molar-refractivity contribution in [3.8, 4) is 0 Å². The van der Waals surface area contributed by atoms with E-state index in [1.807, 2.05) is 34.3 Å². The van der Waals surface area contributed by atoms with Crippen molar-refractivity contribution in [1.29, 1.82) is 0 Å². The summed E-state index contributed by atoms with van der Waals surface area (Å²) in [6.07, 6.45) is 8.61. The van der Waals surface area contributed by atoms with Crippen LogP contribution < -0.4 is 0 Å². The quantitative estimate of drug-likeness (QED) is 0.846. The van der Waals surface area contributed by atoms with Gasteiger partial charge in [-0.15, -0.1) is 11.3 Å². The lowest BCUT2D eigenvalue weighted by molar-refractivity contribution is -0.134. The van der Waals surface area contributed by atoms with E-state index in [9.17, 15) is 4.79 Å². The maximum absolute atomic E-state index is 12.7. The zero-order chi connectivity index (χ0) is 16.2. The Morgan fingerprint density at radius 3 is 3.00 bits per heavy atom. The molecular weight excluding hydrogens is 308 g/mol. The largest absolute Gasteiger partial charge is 0.338 e. The number of hydrogen-bond donors (Lipinski definition) is 0. The van der Waals surface area contributed by atoms with E-state index in [0.717, 1.165) is 48.6 Å². The van der Waals surface area contributed by atoms with Crippen molar-refractivity contribution in [3.63, 3.8) is 0 Å². The van der Waals surface area contributed by atoms with Crippen LogP contribution in [0.1, 0.15) is 42.5 Å². The molecule has 0 aliphatic carbocycles. The monoisotopic (exact) mass is 332 g/mol. The molecule has 5 nitrogen and oxygen atoms in total. The molecule has 1 unspecified atom stereocenters. The van der Waals surface area contributed by atoms with E-state index in [4.69, 9.17) is 0 Å². The number of carbonyl (C=O) groups excluding carboxylic acids is 1. The van der Waals surface area contributed by atoms with Crippen LogP contribution in [0, 0.1) is 6.92 Å². The van der Waals surface area contributed by atoms with Gasteiger partial charge in [0.25, 0.3) is 0 Å². The summed E-state index contributed by atoms with van der Waals surface area (Å²) in [5.41, 5.74) is 2.07. The Morgan fingerprint density at radius 1 is 1.43 bits per heavy atom. The number of amides is 1. The molecular formula is C17H24N4OS. The predicted molar refractivity (Wildman–Crippen MR) is 91.5 cm³/mol. The summed E-state index contributed by atoms with van der Waals surface area (Å²) in [5.74, 6) is 0.200. The van der Waals surface area contributed by atoms with E-state index < -0.39 is 0 Å². The third kappa shape index (κ3) is 3.99. The van der Waals surface area contributed by atoms with Gasteiger partial charge in [0.2, 0.25) is 5.91 Å². The number of piperidine rings is 1. The van der Waals surface area contributed by atoms with Crippen LogP contribution in [-0.4, -0.2) is 38.2 Å². The molecule has 1 saturated heterocycles. The van der Waals surface area contributed by atoms with E-state index >= 15 is 0 Å². The molecule has 1 atom stereocenters. The number of aryl methyl sites for hydroxylation is 2. The summed E-state index contributed by atoms with van der Waals surface area (Å²) >= 11 is 1.65. The Hall–Kier alpha value is -1.69. The zero-order valence-electron chi connectivity index (χ0n) is 13.9. The highest BCUT2D eigenvalue weighted by Crippen LogP contribution is 2.20. The molecule has 2 aromatic heterocycles. The fraction of sp³-hybridized carbons (Fsp3) is 0.588. The maximum Gasteiger partial charge on any atom is 0.228 e. The Balaban J connectivity index is 1.66. The highest BCUT2D eigenvalue weighted by molar-refractivity contribution is 7.09. The smallest absolute Gasteiger partial charge is 0.228 e. The van der Waals surface area contributed by atoms with Crippen molar-refractivity contribution in [1.82, 2.24) is 19.7 Å². The molecule has 1 amide bonds. The summed E-state index contributed by atoms with van der Waals surface area (Å²) in [6.45, 7) is 5.78. The number of nitrogens with zero attached hydrogens (tertiary/aromatic N) is 4. The van der Waals surface area contributed by atoms with Gasteiger partial charge >= 0.3 is 0 Å². The number of carbonyl (C=O) groups is 1. The van der Waals surface area contributed by atoms with Gasteiger partial charge in [0.15, 0.2) is 0 Å². The third-order valence-electron chi connectivity index (χ3n) is 4.34. The lowest BCUT2D eigenvalue weighted by atomic mass is 10.0. The molecule has 3 heterocycles. The van der Waals surface area contributed by atoms with Crippen molar-refractivity contribution < 1.29 is 4.79 Å². The molecule has 0 radical (unpaired) electrons. The van der Waals surface area contributed by atoms with E-state index in [1.54, 1.807) is 11.3 Å². The Kier molecular flexibility index (Phi) is 5.10. The number of rotatable bonds is 5. The van der Waals surface area contributed by atoms with Crippen molar-refractivity contribution in [2.75, 3.05) is 6.54 Å². The Bertz CT molecular complexity index is 663. The van der Waals surface area contributed by atoms with Crippen molar-refractivity contribution >= 4 is 17.2 Å². The van der Waals surface area contributed by atoms with Crippen LogP contribution in [0.3, 0.4) is 0 Å². The van der Waals surface area contributed by atoms with Crippen molar-refractivity contribution in [2.45, 2.75) is 58.5 Å². The highest BCUT2D eigenvalue weighted by Gasteiger charge is 2.27. The molecule has 124 valence electrons. The van der Waals surface area contributed by atoms with Gasteiger partial charge in [-0.05, 0) is 38.2 Å². The number of aromatic nitrogens is 3. The lowest BCUT2D eigenvalue weighted by Crippen LogP contribution is -2.46. The normalized spacial score (nSPS) is 18.3. The topological polar surface area (TPSA) is 51.0 Å². The molecule has 1 aliphatic rings. The Morgan fingerprint density at radius 2 is 2.30 bits per heavy atom. The third-order valence-corrected chi connectivity index (χ3v) is 5.38. The predicted octanol–water partition coefficient (Wildman–Crippen LogP) is 2.83. The van der Waals surface area contributed by atoms with Crippen LogP contribution in [0.25, 0.3) is 0 Å². The molecule has 0 aromatic carbocycles. The second-order valence-corrected chi connectivity index (χ2v) is 7.18. The molecule has 2 aromatic rings. The molecule has 0 bridgehead atoms. The van der Waals surface area contributed by atoms with Gasteiger partial charge in [-0.3, -0.25) is 9.48 Å². The first-order valence-electron chi connectivity index (χ1n) is 8.37. The van der Waals surface area contributed by atoms with Gasteiger partial charge < -0.3 is 4.90 Å². The fourth-order valence-electron chi connectivity index (χ4n) is 3.15. The van der Waals surface area contributed by atoms with Gasteiger partial charge in [0.05, 0.1) is 35.9 Å². The molecule has 1 aliphatic heterocycles. The Labute approximate surface area is 141 Å². The minimum absolute atomic E-state index is 0.200. The van der Waals surface area contributed by atoms with Gasteiger partial charge in [0, 0.05) is 18.1 Å². The first-order chi connectivity index (χ1) is 11.2. The summed E-state index contributed by atoms with van der Waals surface area (Å²) in [7, 11) is 0. The van der Waals surface area contributed by atoms with Gasteiger partial charge in [0.1, 0.15) is 0 Å². The van der Waals surface area contributed by atoms with Crippen LogP contribution in [-0.2, 0) is 24.2 Å². The van der Waals surface area contributed by atoms with Crippen LogP contribution in [0.5, 0.6) is 0 Å². The van der Waals surface area contributed by atoms with Gasteiger partial charge in [-0.2, -0.15) is 5.10 Å². The SMILES string of the molecule is CCc1nc(CC(=O)N2CCCCC2Cn2cc(C)cn2)cs1. The molecule has 6 heteroatoms. The van der Waals surface area contributed by atoms with Crippen LogP contribution in [0.4, 0.5) is 0 Å². The number of hydrogen-bond acceptors (Lipinski definition) is 4. The van der Waals surface area contributed by atoms with E-state index in [-0.39, 0.29) is 11.9 Å². The maximum atomic E-state index is 12.7. The van der Waals surface area contributed by atoms with E-state index in [1.165, 1.54) is 6.42 Å². The van der Waals surface area contributed by atoms with Crippen LogP contribution in [0.2, 0.25) is 0 Å². The van der Waals surface area contributed by atoms with Crippen molar-refractivity contribution in [3.05, 3.63) is 34.0 Å². The lowest BCUT2D eigenvalue weighted by Gasteiger charge is -2.35. The zero-order valence-corrected chi connectivity index (χ0v) is 14.7. The standard InChI is InChI=1S/C17H24N4OS/c1-3-16-19-14(12-23-16)8-17(22)21-7-5-4-6-15(21)11-20-10-13(2)9-18-20/h9-10,12,15H,3-8,11H2,1-2H3. The first-order valence-corrected chi connectivity index (χ1v) is 9.25. The molecule has 1 fully saturated rings. The second kappa shape index (κ2) is 7.25. The second-order valence-electron chi connectivity index (χ2n) is 6.24. The van der Waals surface area contributed by atoms with E-state index in [0.29, 0.717) is 6.42 Å². The summed E-state index contributed by atoms with van der Waals surface area (Å²) in [5, 5.41) is 7.50. The van der Waals surface area contributed by atoms with Gasteiger partial charge in [-0.1, -0.05) is 6.92 Å². The molecule has 0 saturated carbocycles. The van der Waals surface area contributed by atoms with Crippen LogP contribution in [0.15, 0.2) is 17.8 Å². The van der Waals surface area contributed by atoms with Crippen molar-refractivity contribution in [2.24, 2.45) is 0 Å². The molecule has 0 spiro atoms. The average molecular weight is 332 g/mol. The number of thiazole rings is 1. The first kappa shape index (κ1) is 16.2. The minimum Gasteiger partial charge on any atom is -0.338 e. The summed E-state index contributed by atoms with van der Waals surface area (Å²) in [6, 6.07) is 0.250. The summed E-state index contributed by atoms with van der Waals surface area (Å²) in [4.78, 5) is 19.3. The number of likely N-dealkylation sites (tertiary alicyclic amines) is 1. The highest BCUT2D eigenvalue weighted by atomic mass is 32.1. The fourth-order valence-corrected chi connectivity index (χ4v) is 3.90. The van der Waals surface area contributed by atoms with E-state index in [2.05, 4.69) is 17.0 Å². The van der Waals surface area contributed by atoms with Crippen LogP contribution >= 0.6 is 11.3 Å². The molecule has 3 rings (SSSR count). The average Bonchev–Trinajstić information content (AvgIpc) is 3.16. The minimum atomic E-state index is 0.200. The van der Waals surface area contributed by atoms with Gasteiger partial charge in [-0.25, -0.2) is 4.98 Å². The summed E-state index contributed by atoms with van der Waals surface area (Å²) < 4.78 is 1.96.